The molecule has 3 fully saturated rings. The van der Waals surface area contributed by atoms with Crippen LogP contribution in [0.3, 0.4) is 0 Å². The fourth-order valence-electron chi connectivity index (χ4n) is 11.5. The highest BCUT2D eigenvalue weighted by Crippen LogP contribution is 2.35. The van der Waals surface area contributed by atoms with Crippen molar-refractivity contribution in [2.75, 3.05) is 65.6 Å². The number of nitrogens with zero attached hydrogens (tertiary/aromatic N) is 5. The highest BCUT2D eigenvalue weighted by atomic mass is 35.5. The quantitative estimate of drug-likeness (QED) is 0.0537. The zero-order valence-electron chi connectivity index (χ0n) is 49.8. The number of likely N-dealkylation sites (tertiary alicyclic amines) is 1. The van der Waals surface area contributed by atoms with E-state index in [1.165, 1.54) is 11.1 Å². The zero-order valence-corrected chi connectivity index (χ0v) is 51.4. The lowest BCUT2D eigenvalue weighted by molar-refractivity contribution is -0.132. The van der Waals surface area contributed by atoms with Gasteiger partial charge in [-0.3, -0.25) is 29.0 Å². The monoisotopic (exact) mass is 1220 g/mol. The summed E-state index contributed by atoms with van der Waals surface area (Å²) in [6.45, 7) is 11.6. The highest BCUT2D eigenvalue weighted by Gasteiger charge is 2.44. The molecule has 0 spiro atoms. The maximum atomic E-state index is 13.5. The van der Waals surface area contributed by atoms with Crippen molar-refractivity contribution in [3.8, 4) is 23.0 Å². The molecule has 14 nitrogen and oxygen atoms in total. The number of thiocarbonyl (C=S) groups is 1. The molecule has 1 unspecified atom stereocenters. The molecule has 0 aliphatic carbocycles. The van der Waals surface area contributed by atoms with Crippen molar-refractivity contribution in [2.45, 2.75) is 71.5 Å². The molecule has 454 valence electrons. The van der Waals surface area contributed by atoms with Crippen LogP contribution in [0.2, 0.25) is 5.02 Å². The predicted octanol–water partition coefficient (Wildman–Crippen LogP) is 11.4. The summed E-state index contributed by atoms with van der Waals surface area (Å²) < 4.78 is 11.3. The molecule has 3 N–H and O–H groups in total. The van der Waals surface area contributed by atoms with Crippen LogP contribution in [0.4, 0.5) is 0 Å². The van der Waals surface area contributed by atoms with Gasteiger partial charge >= 0.3 is 0 Å². The molecular formula is C72H74ClN5O9S. The molecule has 3 amide bonds. The Kier molecular flexibility index (Phi) is 20.9. The first-order valence-electron chi connectivity index (χ1n) is 30.1. The maximum absolute atomic E-state index is 13.5. The summed E-state index contributed by atoms with van der Waals surface area (Å²) in [5, 5.41) is 30.5. The van der Waals surface area contributed by atoms with Gasteiger partial charge in [0.05, 0.1) is 26.3 Å². The standard InChI is InChI=1S/C32H32N2O4.C20H19ClN2O2S.C20H23NO3/c35-31-28(21-25-7-3-1-4-8-25)23-34(24-29(31)22-26-9-5-2-6-10-26)32(36)27-11-13-30(14-12-27)38-20-17-33-15-18-37-19-16-33;1-12-8-15-11-23-17(9-14(15)10-18(12)24)19(25)22(20(23)26)7-6-13-2-4-16(21)5-3-13;1-14-5-7-15(8-6-14)3-2-4-20(24)21-10-9-16-11-18(22)19(23)12-17(16)13-21/h1-14,21-22H,15-20,23-24H2;2-5,8,10,17,24H,6-7,9,11H2,1H3;5-8,11-12,22-23H,2-4,9-10,13H2,1H3/b28-21+,29-22+;;. The number of ketones is 1. The Morgan fingerprint density at radius 3 is 1.89 bits per heavy atom. The third-order valence-electron chi connectivity index (χ3n) is 16.6. The Labute approximate surface area is 525 Å². The molecule has 7 aromatic carbocycles. The summed E-state index contributed by atoms with van der Waals surface area (Å²) in [4.78, 5) is 61.9. The maximum Gasteiger partial charge on any atom is 0.254 e. The fourth-order valence-corrected chi connectivity index (χ4v) is 12.0. The summed E-state index contributed by atoms with van der Waals surface area (Å²) in [6.07, 6.45) is 8.07. The van der Waals surface area contributed by atoms with Gasteiger partial charge in [-0.1, -0.05) is 120 Å². The lowest BCUT2D eigenvalue weighted by atomic mass is 9.93. The molecule has 88 heavy (non-hydrogen) atoms. The second-order valence-electron chi connectivity index (χ2n) is 22.9. The average Bonchev–Trinajstić information content (AvgIpc) is 2.24. The molecule has 0 aromatic heterocycles. The topological polar surface area (TPSA) is 164 Å². The molecule has 0 radical (unpaired) electrons. The lowest BCUT2D eigenvalue weighted by Gasteiger charge is -2.30. The van der Waals surface area contributed by atoms with Crippen LogP contribution in [-0.2, 0) is 57.9 Å². The lowest BCUT2D eigenvalue weighted by Crippen LogP contribution is -2.41. The van der Waals surface area contributed by atoms with Crippen molar-refractivity contribution < 1.29 is 44.0 Å². The van der Waals surface area contributed by atoms with Crippen LogP contribution in [-0.4, -0.2) is 140 Å². The van der Waals surface area contributed by atoms with Crippen molar-refractivity contribution in [3.05, 3.63) is 235 Å². The Hall–Kier alpha value is -8.60. The zero-order chi connectivity index (χ0) is 61.7. The van der Waals surface area contributed by atoms with E-state index in [0.717, 1.165) is 102 Å². The van der Waals surface area contributed by atoms with E-state index in [4.69, 9.17) is 33.3 Å². The number of carbonyl (C=O) groups is 4. The minimum Gasteiger partial charge on any atom is -0.508 e. The number of carbonyl (C=O) groups excluding carboxylic acids is 4. The predicted molar refractivity (Wildman–Crippen MR) is 347 cm³/mol. The summed E-state index contributed by atoms with van der Waals surface area (Å²) in [6, 6.07) is 49.5. The number of Topliss-reactive ketones (excluding diaryl/α,β-unsaturated/α-hetero) is 1. The number of halogens is 1. The first-order valence-corrected chi connectivity index (χ1v) is 30.8. The number of aryl methyl sites for hydroxylation is 3. The molecular weight excluding hydrogens is 1150 g/mol. The van der Waals surface area contributed by atoms with Gasteiger partial charge in [0.15, 0.2) is 22.4 Å². The second-order valence-corrected chi connectivity index (χ2v) is 23.7. The molecule has 1 atom stereocenters. The van der Waals surface area contributed by atoms with E-state index in [9.17, 15) is 34.5 Å². The number of ether oxygens (including phenoxy) is 2. The number of benzene rings is 7. The van der Waals surface area contributed by atoms with E-state index in [0.29, 0.717) is 78.9 Å². The van der Waals surface area contributed by atoms with E-state index in [1.807, 2.05) is 132 Å². The van der Waals surface area contributed by atoms with Crippen molar-refractivity contribution in [3.63, 3.8) is 0 Å². The minimum absolute atomic E-state index is 0.0224. The van der Waals surface area contributed by atoms with Crippen LogP contribution in [0.15, 0.2) is 169 Å². The summed E-state index contributed by atoms with van der Waals surface area (Å²) >= 11 is 11.5. The van der Waals surface area contributed by atoms with Crippen LogP contribution >= 0.6 is 23.8 Å². The van der Waals surface area contributed by atoms with E-state index in [1.54, 1.807) is 40.1 Å². The van der Waals surface area contributed by atoms with Gasteiger partial charge in [0.25, 0.3) is 11.8 Å². The molecule has 5 aliphatic heterocycles. The van der Waals surface area contributed by atoms with Gasteiger partial charge in [0.2, 0.25) is 5.91 Å². The van der Waals surface area contributed by atoms with Gasteiger partial charge in [-0.25, -0.2) is 0 Å². The average molecular weight is 1220 g/mol. The third kappa shape index (κ3) is 16.1. The molecule has 0 saturated carbocycles. The van der Waals surface area contributed by atoms with Crippen LogP contribution < -0.4 is 4.74 Å². The van der Waals surface area contributed by atoms with Crippen LogP contribution in [0.1, 0.15) is 78.8 Å². The number of phenolic OH excluding ortho intramolecular Hbond substituents is 3. The number of amides is 3. The molecule has 0 bridgehead atoms. The number of aromatic hydroxyl groups is 3. The molecule has 3 saturated heterocycles. The summed E-state index contributed by atoms with van der Waals surface area (Å²) in [5.74, 6) is 0.868. The van der Waals surface area contributed by atoms with Crippen molar-refractivity contribution >= 4 is 64.6 Å². The van der Waals surface area contributed by atoms with E-state index in [-0.39, 0.29) is 59.9 Å². The van der Waals surface area contributed by atoms with E-state index < -0.39 is 0 Å². The number of fused-ring (bicyclic) bond motifs is 3. The van der Waals surface area contributed by atoms with Crippen LogP contribution in [0.25, 0.3) is 12.2 Å². The first-order chi connectivity index (χ1) is 42.6. The Bertz CT molecular complexity index is 3580. The Balaban J connectivity index is 0.000000151. The second kappa shape index (κ2) is 29.4. The molecule has 16 heteroatoms. The summed E-state index contributed by atoms with van der Waals surface area (Å²) in [7, 11) is 0. The number of hydrogen-bond donors (Lipinski definition) is 3. The Morgan fingerprint density at radius 2 is 1.24 bits per heavy atom. The number of piperidine rings is 1. The molecule has 12 rings (SSSR count). The van der Waals surface area contributed by atoms with Gasteiger partial charge in [-0.2, -0.15) is 0 Å². The van der Waals surface area contributed by atoms with Crippen molar-refractivity contribution in [2.24, 2.45) is 0 Å². The van der Waals surface area contributed by atoms with Crippen LogP contribution in [0.5, 0.6) is 23.0 Å². The SMILES string of the molecule is Cc1cc2c(cc1O)CC1C(=O)N(CCc3ccc(Cl)cc3)C(=S)N1C2.Cc1ccc(CCCC(=O)N2CCc3cc(O)c(O)cc3C2)cc1.O=C1/C(=C/c2ccccc2)CN(C(=O)c2ccc(OCCN3CCOCC3)cc2)C/C1=C\c1ccccc1. The van der Waals surface area contributed by atoms with Gasteiger partial charge in [0, 0.05) is 80.4 Å². The Morgan fingerprint density at radius 1 is 0.648 bits per heavy atom. The van der Waals surface area contributed by atoms with Crippen molar-refractivity contribution in [1.82, 2.24) is 24.5 Å². The normalized spacial score (nSPS) is 17.4. The number of hydrogen-bond acceptors (Lipinski definition) is 11. The third-order valence-corrected chi connectivity index (χ3v) is 17.3. The van der Waals surface area contributed by atoms with E-state index in [2.05, 4.69) is 36.1 Å². The molecule has 7 aromatic rings. The molecule has 5 aliphatic rings. The fraction of sp³-hybridized carbons (Fsp3) is 0.292. The van der Waals surface area contributed by atoms with Crippen LogP contribution in [0, 0.1) is 13.8 Å². The smallest absolute Gasteiger partial charge is 0.254 e. The first kappa shape index (κ1) is 62.5. The number of morpholine rings is 1. The van der Waals surface area contributed by atoms with Gasteiger partial charge in [0.1, 0.15) is 24.1 Å². The minimum atomic E-state index is -0.262. The number of rotatable bonds is 14. The van der Waals surface area contributed by atoms with E-state index >= 15 is 0 Å². The number of phenols is 3. The van der Waals surface area contributed by atoms with Gasteiger partial charge < -0.3 is 39.5 Å². The van der Waals surface area contributed by atoms with Gasteiger partial charge in [-0.15, -0.1) is 0 Å². The van der Waals surface area contributed by atoms with Gasteiger partial charge in [-0.05, 0) is 169 Å². The largest absolute Gasteiger partial charge is 0.508 e. The highest BCUT2D eigenvalue weighted by molar-refractivity contribution is 7.80. The van der Waals surface area contributed by atoms with Crippen molar-refractivity contribution in [1.29, 1.82) is 0 Å². The summed E-state index contributed by atoms with van der Waals surface area (Å²) in [5.41, 5.74) is 12.2. The molecule has 5 heterocycles.